The molecule has 4 amide bonds. The van der Waals surface area contributed by atoms with Gasteiger partial charge >= 0.3 is 6.03 Å². The monoisotopic (exact) mass is 439 g/mol. The second-order valence-electron chi connectivity index (χ2n) is 9.01. The van der Waals surface area contributed by atoms with Gasteiger partial charge in [0, 0.05) is 10.3 Å². The van der Waals surface area contributed by atoms with Crippen molar-refractivity contribution in [2.75, 3.05) is 6.54 Å². The number of fused-ring (bicyclic) bond motifs is 2. The number of carbonyl (C=O) groups is 4. The Balaban J connectivity index is 1.44. The van der Waals surface area contributed by atoms with Gasteiger partial charge in [-0.25, -0.2) is 4.79 Å². The zero-order valence-corrected chi connectivity index (χ0v) is 18.6. The van der Waals surface area contributed by atoms with Crippen molar-refractivity contribution >= 4 is 35.0 Å². The lowest BCUT2D eigenvalue weighted by Crippen LogP contribution is -2.42. The fraction of sp³-hybridized carbons (Fsp3) is 0.391. The quantitative estimate of drug-likeness (QED) is 0.553. The first-order valence-electron chi connectivity index (χ1n) is 10.2. The fourth-order valence-corrected chi connectivity index (χ4v) is 4.89. The van der Waals surface area contributed by atoms with Crippen LogP contribution < -0.4 is 10.6 Å². The third-order valence-corrected chi connectivity index (χ3v) is 6.89. The molecule has 1 unspecified atom stereocenters. The number of carbonyl (C=O) groups excluding carboxylic acids is 4. The summed E-state index contributed by atoms with van der Waals surface area (Å²) in [5, 5.41) is 5.69. The van der Waals surface area contributed by atoms with Crippen LogP contribution in [-0.4, -0.2) is 35.1 Å². The van der Waals surface area contributed by atoms with E-state index in [-0.39, 0.29) is 24.1 Å². The summed E-state index contributed by atoms with van der Waals surface area (Å²) in [6.45, 7) is 5.53. The summed E-state index contributed by atoms with van der Waals surface area (Å²) < 4.78 is 0. The molecule has 1 atom stereocenters. The number of thiophene rings is 1. The van der Waals surface area contributed by atoms with Crippen LogP contribution in [0.3, 0.4) is 0 Å². The molecule has 0 radical (unpaired) electrons. The topological polar surface area (TPSA) is 95.6 Å². The average Bonchev–Trinajstić information content (AvgIpc) is 3.40. The van der Waals surface area contributed by atoms with Crippen LogP contribution in [0.25, 0.3) is 0 Å². The van der Waals surface area contributed by atoms with Crippen molar-refractivity contribution in [1.82, 2.24) is 15.5 Å². The number of nitrogens with one attached hydrogen (secondary N) is 2. The van der Waals surface area contributed by atoms with E-state index in [1.54, 1.807) is 12.1 Å². The largest absolute Gasteiger partial charge is 0.351 e. The molecule has 1 aliphatic heterocycles. The van der Waals surface area contributed by atoms with Gasteiger partial charge in [0.05, 0.1) is 18.0 Å². The summed E-state index contributed by atoms with van der Waals surface area (Å²) >= 11 is 1.26. The molecule has 1 spiro atoms. The summed E-state index contributed by atoms with van der Waals surface area (Å²) in [6.07, 6.45) is 1.21. The predicted octanol–water partition coefficient (Wildman–Crippen LogP) is 2.99. The van der Waals surface area contributed by atoms with E-state index in [4.69, 9.17) is 0 Å². The SMILES string of the molecule is CC(C)(C)C(=O)NCc1ccc(C(=O)CN2C(=O)NC3(CCc4ccccc43)C2=O)s1. The molecule has 4 rings (SSSR count). The Kier molecular flexibility index (Phi) is 5.21. The van der Waals surface area contributed by atoms with Gasteiger partial charge < -0.3 is 10.6 Å². The normalized spacial score (nSPS) is 20.2. The van der Waals surface area contributed by atoms with Gasteiger partial charge in [-0.2, -0.15) is 0 Å². The second kappa shape index (κ2) is 7.60. The van der Waals surface area contributed by atoms with E-state index in [1.165, 1.54) is 11.3 Å². The van der Waals surface area contributed by atoms with Gasteiger partial charge in [0.15, 0.2) is 5.78 Å². The van der Waals surface area contributed by atoms with Crippen LogP contribution in [-0.2, 0) is 28.1 Å². The minimum atomic E-state index is -1.06. The van der Waals surface area contributed by atoms with E-state index in [9.17, 15) is 19.2 Å². The van der Waals surface area contributed by atoms with E-state index < -0.39 is 17.0 Å². The van der Waals surface area contributed by atoms with Crippen molar-refractivity contribution in [1.29, 1.82) is 0 Å². The first-order chi connectivity index (χ1) is 14.6. The van der Waals surface area contributed by atoms with Gasteiger partial charge in [-0.3, -0.25) is 19.3 Å². The van der Waals surface area contributed by atoms with Gasteiger partial charge in [-0.1, -0.05) is 45.0 Å². The molecular formula is C23H25N3O4S. The molecule has 1 aliphatic carbocycles. The van der Waals surface area contributed by atoms with Crippen molar-refractivity contribution in [2.24, 2.45) is 5.41 Å². The number of Topliss-reactive ketones (excluding diaryl/α,β-unsaturated/α-hetero) is 1. The third-order valence-electron chi connectivity index (χ3n) is 5.76. The van der Waals surface area contributed by atoms with E-state index in [2.05, 4.69) is 10.6 Å². The average molecular weight is 440 g/mol. The molecule has 2 heterocycles. The molecule has 0 bridgehead atoms. The molecule has 0 saturated carbocycles. The molecule has 2 aliphatic rings. The summed E-state index contributed by atoms with van der Waals surface area (Å²) in [5.74, 6) is -0.745. The number of benzene rings is 1. The molecule has 2 aromatic rings. The second-order valence-corrected chi connectivity index (χ2v) is 10.2. The Bertz CT molecular complexity index is 1080. The highest BCUT2D eigenvalue weighted by atomic mass is 32.1. The van der Waals surface area contributed by atoms with Crippen molar-refractivity contribution in [3.63, 3.8) is 0 Å². The number of imide groups is 1. The van der Waals surface area contributed by atoms with E-state index in [0.29, 0.717) is 24.3 Å². The highest BCUT2D eigenvalue weighted by Gasteiger charge is 2.55. The van der Waals surface area contributed by atoms with Crippen LogP contribution >= 0.6 is 11.3 Å². The highest BCUT2D eigenvalue weighted by Crippen LogP contribution is 2.41. The predicted molar refractivity (Wildman–Crippen MR) is 117 cm³/mol. The molecule has 31 heavy (non-hydrogen) atoms. The number of hydrogen-bond acceptors (Lipinski definition) is 5. The van der Waals surface area contributed by atoms with E-state index >= 15 is 0 Å². The molecule has 1 saturated heterocycles. The van der Waals surface area contributed by atoms with Crippen LogP contribution in [0, 0.1) is 5.41 Å². The highest BCUT2D eigenvalue weighted by molar-refractivity contribution is 7.14. The molecule has 2 N–H and O–H groups in total. The number of nitrogens with zero attached hydrogens (tertiary/aromatic N) is 1. The fourth-order valence-electron chi connectivity index (χ4n) is 4.01. The lowest BCUT2D eigenvalue weighted by atomic mass is 9.92. The summed E-state index contributed by atoms with van der Waals surface area (Å²) in [4.78, 5) is 52.9. The van der Waals surface area contributed by atoms with Crippen LogP contribution in [0.2, 0.25) is 0 Å². The molecule has 162 valence electrons. The van der Waals surface area contributed by atoms with E-state index in [0.717, 1.165) is 20.9 Å². The first kappa shape index (κ1) is 21.2. The maximum Gasteiger partial charge on any atom is 0.325 e. The van der Waals surface area contributed by atoms with Gasteiger partial charge in [-0.05, 0) is 36.1 Å². The standard InChI is InChI=1S/C23H25N3O4S/c1-22(2,3)19(28)24-12-15-8-9-18(31-15)17(27)13-26-20(29)23(25-21(26)30)11-10-14-6-4-5-7-16(14)23/h4-9H,10-13H2,1-3H3,(H,24,28)(H,25,30). The summed E-state index contributed by atoms with van der Waals surface area (Å²) in [5.41, 5.74) is 0.306. The van der Waals surface area contributed by atoms with Crippen molar-refractivity contribution in [3.8, 4) is 0 Å². The van der Waals surface area contributed by atoms with Gasteiger partial charge in [0.1, 0.15) is 5.54 Å². The minimum Gasteiger partial charge on any atom is -0.351 e. The van der Waals surface area contributed by atoms with Crippen molar-refractivity contribution in [2.45, 2.75) is 45.7 Å². The lowest BCUT2D eigenvalue weighted by Gasteiger charge is -2.22. The van der Waals surface area contributed by atoms with Crippen molar-refractivity contribution < 1.29 is 19.2 Å². The molecule has 7 nitrogen and oxygen atoms in total. The molecule has 1 aromatic carbocycles. The van der Waals surface area contributed by atoms with Gasteiger partial charge in [0.2, 0.25) is 5.91 Å². The third kappa shape index (κ3) is 3.76. The summed E-state index contributed by atoms with van der Waals surface area (Å²) in [7, 11) is 0. The van der Waals surface area contributed by atoms with Crippen molar-refractivity contribution in [3.05, 3.63) is 57.3 Å². The summed E-state index contributed by atoms with van der Waals surface area (Å²) in [6, 6.07) is 10.5. The Morgan fingerprint density at radius 1 is 1.16 bits per heavy atom. The lowest BCUT2D eigenvalue weighted by molar-refractivity contribution is -0.131. The first-order valence-corrected chi connectivity index (χ1v) is 11.1. The maximum atomic E-state index is 13.2. The Hall–Kier alpha value is -3.00. The van der Waals surface area contributed by atoms with Gasteiger partial charge in [-0.15, -0.1) is 11.3 Å². The van der Waals surface area contributed by atoms with Crippen LogP contribution in [0.15, 0.2) is 36.4 Å². The smallest absolute Gasteiger partial charge is 0.325 e. The van der Waals surface area contributed by atoms with Crippen LogP contribution in [0.5, 0.6) is 0 Å². The zero-order chi connectivity index (χ0) is 22.4. The molecule has 1 aromatic heterocycles. The Morgan fingerprint density at radius 2 is 1.90 bits per heavy atom. The number of ketones is 1. The molecule has 1 fully saturated rings. The number of rotatable bonds is 5. The Morgan fingerprint density at radius 3 is 2.65 bits per heavy atom. The maximum absolute atomic E-state index is 13.2. The number of amides is 4. The Labute approximate surface area is 184 Å². The number of urea groups is 1. The zero-order valence-electron chi connectivity index (χ0n) is 17.8. The van der Waals surface area contributed by atoms with E-state index in [1.807, 2.05) is 45.0 Å². The number of aryl methyl sites for hydroxylation is 1. The van der Waals surface area contributed by atoms with Crippen LogP contribution in [0.4, 0.5) is 4.79 Å². The molecular weight excluding hydrogens is 414 g/mol. The number of hydrogen-bond donors (Lipinski definition) is 2. The van der Waals surface area contributed by atoms with Crippen LogP contribution in [0.1, 0.15) is 52.9 Å². The van der Waals surface area contributed by atoms with Gasteiger partial charge in [0.25, 0.3) is 5.91 Å². The molecule has 8 heteroatoms. The minimum absolute atomic E-state index is 0.0738.